The van der Waals surface area contributed by atoms with E-state index in [9.17, 15) is 22.8 Å². The maximum atomic E-state index is 13.9. The number of amides is 1. The van der Waals surface area contributed by atoms with Crippen LogP contribution in [0.5, 0.6) is 5.75 Å². The molecule has 36 heavy (non-hydrogen) atoms. The fraction of sp³-hybridized carbons (Fsp3) is 0.333. The second kappa shape index (κ2) is 9.37. The minimum absolute atomic E-state index is 0.256. The first-order valence-electron chi connectivity index (χ1n) is 11.3. The Kier molecular flexibility index (Phi) is 6.60. The number of halogens is 3. The summed E-state index contributed by atoms with van der Waals surface area (Å²) in [7, 11) is 2.46. The van der Waals surface area contributed by atoms with Crippen molar-refractivity contribution >= 4 is 12.1 Å². The highest BCUT2D eigenvalue weighted by atomic mass is 19.4. The number of methoxy groups -OCH3 is 2. The normalized spacial score (nSPS) is 25.6. The second-order valence-electron chi connectivity index (χ2n) is 8.89. The molecule has 9 heteroatoms. The maximum Gasteiger partial charge on any atom is 0.411 e. The van der Waals surface area contributed by atoms with Crippen molar-refractivity contribution in [1.29, 1.82) is 0 Å². The summed E-state index contributed by atoms with van der Waals surface area (Å²) in [5.74, 6) is -1.34. The highest BCUT2D eigenvalue weighted by Crippen LogP contribution is 2.48. The summed E-state index contributed by atoms with van der Waals surface area (Å²) in [6, 6.07) is 12.5. The van der Waals surface area contributed by atoms with E-state index in [1.165, 1.54) is 13.2 Å². The van der Waals surface area contributed by atoms with Crippen LogP contribution >= 0.6 is 0 Å². The molecule has 190 valence electrons. The van der Waals surface area contributed by atoms with E-state index >= 15 is 0 Å². The van der Waals surface area contributed by atoms with E-state index in [4.69, 9.17) is 9.47 Å². The number of hydrogen-bond donors (Lipinski definition) is 1. The number of benzene rings is 2. The first-order chi connectivity index (χ1) is 17.0. The number of allylic oxidation sites excluding steroid dienone is 2. The van der Waals surface area contributed by atoms with Gasteiger partial charge >= 0.3 is 18.2 Å². The van der Waals surface area contributed by atoms with Gasteiger partial charge < -0.3 is 19.5 Å². The summed E-state index contributed by atoms with van der Waals surface area (Å²) >= 11 is 0. The Morgan fingerprint density at radius 3 is 2.42 bits per heavy atom. The largest absolute Gasteiger partial charge is 0.496 e. The smallest absolute Gasteiger partial charge is 0.411 e. The van der Waals surface area contributed by atoms with Crippen molar-refractivity contribution < 1.29 is 37.0 Å². The van der Waals surface area contributed by atoms with E-state index in [-0.39, 0.29) is 6.04 Å². The quantitative estimate of drug-likeness (QED) is 0.411. The number of carbonyl (C=O) groups excluding carboxylic acids is 2. The summed E-state index contributed by atoms with van der Waals surface area (Å²) in [6.07, 6.45) is -2.72. The molecule has 1 aliphatic carbocycles. The highest BCUT2D eigenvalue weighted by molar-refractivity contribution is 5.84. The van der Waals surface area contributed by atoms with E-state index in [0.717, 1.165) is 30.4 Å². The summed E-state index contributed by atoms with van der Waals surface area (Å²) in [4.78, 5) is 24.0. The lowest BCUT2D eigenvalue weighted by Crippen LogP contribution is -2.44. The molecule has 1 heterocycles. The van der Waals surface area contributed by atoms with Crippen molar-refractivity contribution in [2.75, 3.05) is 14.2 Å². The molecule has 1 amide bonds. The van der Waals surface area contributed by atoms with Crippen LogP contribution in [-0.4, -0.2) is 38.5 Å². The van der Waals surface area contributed by atoms with Gasteiger partial charge in [0.25, 0.3) is 0 Å². The third-order valence-corrected chi connectivity index (χ3v) is 6.66. The highest BCUT2D eigenvalue weighted by Gasteiger charge is 2.59. The first-order valence-corrected chi connectivity index (χ1v) is 11.3. The SMILES string of the molecule is COC(=O)C1(C(F)(F)F)C=CC(c2ccc(OC)c(-c3ccccc3[C@H]3OC(=O)N[C@@H]3C)c2)C(C)=C1. The van der Waals surface area contributed by atoms with Crippen molar-refractivity contribution in [1.82, 2.24) is 5.32 Å². The van der Waals surface area contributed by atoms with Crippen molar-refractivity contribution in [2.45, 2.75) is 38.1 Å². The van der Waals surface area contributed by atoms with Crippen LogP contribution in [0.1, 0.15) is 37.0 Å². The number of ether oxygens (including phenoxy) is 3. The van der Waals surface area contributed by atoms with E-state index in [1.54, 1.807) is 19.1 Å². The molecule has 4 rings (SSSR count). The van der Waals surface area contributed by atoms with Crippen LogP contribution in [-0.2, 0) is 14.3 Å². The van der Waals surface area contributed by atoms with Crippen molar-refractivity contribution in [3.63, 3.8) is 0 Å². The minimum Gasteiger partial charge on any atom is -0.496 e. The van der Waals surface area contributed by atoms with Crippen LogP contribution in [0.15, 0.2) is 66.3 Å². The zero-order valence-corrected chi connectivity index (χ0v) is 20.2. The van der Waals surface area contributed by atoms with Gasteiger partial charge in [0.2, 0.25) is 0 Å². The zero-order valence-electron chi connectivity index (χ0n) is 20.2. The topological polar surface area (TPSA) is 73.9 Å². The molecule has 4 atom stereocenters. The van der Waals surface area contributed by atoms with Gasteiger partial charge in [-0.25, -0.2) is 4.79 Å². The summed E-state index contributed by atoms with van der Waals surface area (Å²) in [6.45, 7) is 3.40. The summed E-state index contributed by atoms with van der Waals surface area (Å²) in [5.41, 5.74) is 0.465. The molecule has 2 aliphatic rings. The minimum atomic E-state index is -4.85. The molecule has 1 aliphatic heterocycles. The van der Waals surface area contributed by atoms with Gasteiger partial charge in [-0.2, -0.15) is 13.2 Å². The third-order valence-electron chi connectivity index (χ3n) is 6.66. The molecular weight excluding hydrogens is 475 g/mol. The molecule has 6 nitrogen and oxygen atoms in total. The molecular formula is C27H26F3NO5. The molecule has 0 bridgehead atoms. The number of rotatable bonds is 5. The average molecular weight is 502 g/mol. The van der Waals surface area contributed by atoms with E-state index in [0.29, 0.717) is 22.4 Å². The molecule has 0 saturated carbocycles. The molecule has 0 radical (unpaired) electrons. The van der Waals surface area contributed by atoms with Gasteiger partial charge in [-0.15, -0.1) is 0 Å². The molecule has 0 spiro atoms. The van der Waals surface area contributed by atoms with Gasteiger partial charge in [0.1, 0.15) is 11.9 Å². The monoisotopic (exact) mass is 501 g/mol. The number of carbonyl (C=O) groups is 2. The molecule has 1 N–H and O–H groups in total. The molecule has 0 aromatic heterocycles. The van der Waals surface area contributed by atoms with Crippen LogP contribution in [0.25, 0.3) is 11.1 Å². The van der Waals surface area contributed by atoms with Crippen LogP contribution in [0, 0.1) is 5.41 Å². The fourth-order valence-electron chi connectivity index (χ4n) is 4.82. The first kappa shape index (κ1) is 25.3. The van der Waals surface area contributed by atoms with E-state index < -0.39 is 35.7 Å². The van der Waals surface area contributed by atoms with Crippen LogP contribution in [0.3, 0.4) is 0 Å². The van der Waals surface area contributed by atoms with Gasteiger partial charge in [-0.1, -0.05) is 54.1 Å². The van der Waals surface area contributed by atoms with Crippen LogP contribution in [0.4, 0.5) is 18.0 Å². The van der Waals surface area contributed by atoms with Crippen LogP contribution < -0.4 is 10.1 Å². The van der Waals surface area contributed by atoms with Gasteiger partial charge in [0.15, 0.2) is 5.41 Å². The number of hydrogen-bond acceptors (Lipinski definition) is 5. The Morgan fingerprint density at radius 2 is 1.83 bits per heavy atom. The lowest BCUT2D eigenvalue weighted by atomic mass is 9.75. The predicted molar refractivity (Wildman–Crippen MR) is 126 cm³/mol. The Labute approximate surface area is 206 Å². The van der Waals surface area contributed by atoms with Crippen molar-refractivity contribution in [2.24, 2.45) is 5.41 Å². The average Bonchev–Trinajstić information content (AvgIpc) is 3.19. The lowest BCUT2D eigenvalue weighted by molar-refractivity contribution is -0.207. The molecule has 1 saturated heterocycles. The van der Waals surface area contributed by atoms with Gasteiger partial charge in [-0.05, 0) is 37.1 Å². The molecule has 2 aromatic rings. The number of esters is 1. The Bertz CT molecular complexity index is 1250. The third kappa shape index (κ3) is 4.23. The number of nitrogens with one attached hydrogen (secondary N) is 1. The predicted octanol–water partition coefficient (Wildman–Crippen LogP) is 5.85. The zero-order chi connectivity index (χ0) is 26.3. The number of cyclic esters (lactones) is 1. The van der Waals surface area contributed by atoms with Crippen LogP contribution in [0.2, 0.25) is 0 Å². The lowest BCUT2D eigenvalue weighted by Gasteiger charge is -2.32. The van der Waals surface area contributed by atoms with Gasteiger partial charge in [-0.3, -0.25) is 4.79 Å². The Balaban J connectivity index is 1.79. The summed E-state index contributed by atoms with van der Waals surface area (Å²) in [5, 5.41) is 2.74. The van der Waals surface area contributed by atoms with E-state index in [1.807, 2.05) is 37.3 Å². The van der Waals surface area contributed by atoms with E-state index in [2.05, 4.69) is 10.1 Å². The van der Waals surface area contributed by atoms with Gasteiger partial charge in [0.05, 0.1) is 20.3 Å². The Hall–Kier alpha value is -3.75. The standard InChI is InChI=1S/C27H26F3NO5/c1-15-14-26(24(32)35-4,27(28,29)30)12-11-18(15)17-9-10-22(34-3)21(13-17)19-7-5-6-8-20(19)23-16(2)31-25(33)36-23/h5-14,16,18,23H,1-4H3,(H,31,33)/t16-,18?,23+,26?/m1/s1. The van der Waals surface area contributed by atoms with Gasteiger partial charge in [0, 0.05) is 17.0 Å². The van der Waals surface area contributed by atoms with Crippen molar-refractivity contribution in [3.05, 3.63) is 77.4 Å². The summed E-state index contributed by atoms with van der Waals surface area (Å²) < 4.78 is 57.3. The van der Waals surface area contributed by atoms with Crippen molar-refractivity contribution in [3.8, 4) is 16.9 Å². The second-order valence-corrected chi connectivity index (χ2v) is 8.89. The molecule has 2 aromatic carbocycles. The fourth-order valence-corrected chi connectivity index (χ4v) is 4.82. The maximum absolute atomic E-state index is 13.9. The molecule has 1 fully saturated rings. The molecule has 2 unspecified atom stereocenters. The number of alkyl halides is 3. The number of alkyl carbamates (subject to hydrolysis) is 1. The Morgan fingerprint density at radius 1 is 1.11 bits per heavy atom.